The molecule has 9 nitrogen and oxygen atoms in total. The zero-order valence-corrected chi connectivity index (χ0v) is 13.4. The molecule has 0 aliphatic carbocycles. The number of nitro groups is 3. The largest absolute Gasteiger partial charge is 0.313 e. The van der Waals surface area contributed by atoms with E-state index in [1.54, 1.807) is 0 Å². The highest BCUT2D eigenvalue weighted by Crippen LogP contribution is 2.41. The molecule has 0 saturated carbocycles. The average molecular weight is 367 g/mol. The Hall–Kier alpha value is -2.66. The minimum absolute atomic E-state index is 0.121. The summed E-state index contributed by atoms with van der Waals surface area (Å²) in [6.07, 6.45) is 0. The van der Waals surface area contributed by atoms with Gasteiger partial charge >= 0.3 is 4.71 Å². The topological polar surface area (TPSA) is 129 Å². The first-order chi connectivity index (χ1) is 11.4. The Balaban J connectivity index is 2.31. The zero-order valence-electron chi connectivity index (χ0n) is 11.8. The molecule has 0 saturated heterocycles. The highest BCUT2D eigenvalue weighted by molar-refractivity contribution is 8.16. The molecule has 124 valence electrons. The lowest BCUT2D eigenvalue weighted by Crippen LogP contribution is -2.11. The fraction of sp³-hybridized carbons (Fsp3) is 0.0769. The summed E-state index contributed by atoms with van der Waals surface area (Å²) in [7, 11) is 0. The van der Waals surface area contributed by atoms with Crippen LogP contribution in [0.5, 0.6) is 0 Å². The fourth-order valence-corrected chi connectivity index (χ4v) is 4.00. The lowest BCUT2D eigenvalue weighted by atomic mass is 10.3. The second kappa shape index (κ2) is 7.75. The molecule has 0 N–H and O–H groups in total. The van der Waals surface area contributed by atoms with Gasteiger partial charge in [-0.3, -0.25) is 30.3 Å². The molecule has 2 aromatic carbocycles. The van der Waals surface area contributed by atoms with E-state index >= 15 is 0 Å². The minimum atomic E-state index is -1.37. The molecule has 0 heterocycles. The maximum Gasteiger partial charge on any atom is 0.313 e. The van der Waals surface area contributed by atoms with Crippen LogP contribution in [0.25, 0.3) is 0 Å². The van der Waals surface area contributed by atoms with Crippen molar-refractivity contribution in [3.05, 3.63) is 78.9 Å². The van der Waals surface area contributed by atoms with Gasteiger partial charge < -0.3 is 0 Å². The Kier molecular flexibility index (Phi) is 5.71. The lowest BCUT2D eigenvalue weighted by Gasteiger charge is -2.09. The van der Waals surface area contributed by atoms with Gasteiger partial charge in [-0.2, -0.15) is 0 Å². The first-order valence-corrected chi connectivity index (χ1v) is 8.09. The van der Waals surface area contributed by atoms with Crippen LogP contribution in [0.1, 0.15) is 0 Å². The van der Waals surface area contributed by atoms with Crippen LogP contribution in [0, 0.1) is 30.3 Å². The van der Waals surface area contributed by atoms with Crippen LogP contribution >= 0.6 is 23.5 Å². The van der Waals surface area contributed by atoms with Crippen molar-refractivity contribution in [1.29, 1.82) is 0 Å². The van der Waals surface area contributed by atoms with E-state index in [1.165, 1.54) is 48.5 Å². The SMILES string of the molecule is O=[N+]([O-])c1ccccc1SC(Sc1ccccc1[N+](=O)[O-])[N+](=O)[O-]. The highest BCUT2D eigenvalue weighted by Gasteiger charge is 2.30. The number of nitrogens with zero attached hydrogens (tertiary/aromatic N) is 3. The Morgan fingerprint density at radius 1 is 0.708 bits per heavy atom. The zero-order chi connectivity index (χ0) is 17.7. The summed E-state index contributed by atoms with van der Waals surface area (Å²) in [5, 5.41) is 33.3. The van der Waals surface area contributed by atoms with E-state index in [1.807, 2.05) is 0 Å². The van der Waals surface area contributed by atoms with Crippen molar-refractivity contribution in [2.45, 2.75) is 14.5 Å². The van der Waals surface area contributed by atoms with E-state index in [-0.39, 0.29) is 21.2 Å². The maximum atomic E-state index is 11.3. The van der Waals surface area contributed by atoms with Gasteiger partial charge in [0, 0.05) is 17.1 Å². The molecule has 0 radical (unpaired) electrons. The first kappa shape index (κ1) is 17.7. The third kappa shape index (κ3) is 4.20. The first-order valence-electron chi connectivity index (χ1n) is 6.34. The van der Waals surface area contributed by atoms with Crippen LogP contribution < -0.4 is 0 Å². The standard InChI is InChI=1S/C13H9N3O6S2/c17-14(18)9-5-1-3-7-11(9)23-13(16(21)22)24-12-8-4-2-6-10(12)15(19)20/h1-8,13H. The summed E-state index contributed by atoms with van der Waals surface area (Å²) in [6, 6.07) is 11.3. The molecule has 2 aromatic rings. The number of benzene rings is 2. The lowest BCUT2D eigenvalue weighted by molar-refractivity contribution is -0.470. The van der Waals surface area contributed by atoms with E-state index in [0.29, 0.717) is 23.5 Å². The van der Waals surface area contributed by atoms with E-state index < -0.39 is 19.5 Å². The number of thioether (sulfide) groups is 2. The summed E-state index contributed by atoms with van der Waals surface area (Å²) >= 11 is 1.33. The third-order valence-corrected chi connectivity index (χ3v) is 5.27. The summed E-state index contributed by atoms with van der Waals surface area (Å²) in [5.74, 6) is 0. The minimum Gasteiger partial charge on any atom is -0.262 e. The second-order valence-electron chi connectivity index (χ2n) is 4.28. The summed E-state index contributed by atoms with van der Waals surface area (Å²) in [6.45, 7) is 0. The third-order valence-electron chi connectivity index (χ3n) is 2.75. The van der Waals surface area contributed by atoms with Crippen molar-refractivity contribution in [2.75, 3.05) is 0 Å². The van der Waals surface area contributed by atoms with E-state index in [9.17, 15) is 30.3 Å². The summed E-state index contributed by atoms with van der Waals surface area (Å²) in [5.41, 5.74) is -0.505. The number of hydrogen-bond donors (Lipinski definition) is 0. The van der Waals surface area contributed by atoms with Crippen LogP contribution in [0.3, 0.4) is 0 Å². The van der Waals surface area contributed by atoms with Gasteiger partial charge in [0.2, 0.25) is 0 Å². The van der Waals surface area contributed by atoms with Crippen molar-refractivity contribution in [2.24, 2.45) is 0 Å². The summed E-state index contributed by atoms with van der Waals surface area (Å²) < 4.78 is -1.37. The Labute approximate surface area is 143 Å². The van der Waals surface area contributed by atoms with Crippen molar-refractivity contribution in [3.8, 4) is 0 Å². The van der Waals surface area contributed by atoms with Gasteiger partial charge in [-0.25, -0.2) is 0 Å². The fourth-order valence-electron chi connectivity index (χ4n) is 1.74. The monoisotopic (exact) mass is 367 g/mol. The van der Waals surface area contributed by atoms with Crippen LogP contribution in [-0.2, 0) is 0 Å². The van der Waals surface area contributed by atoms with Gasteiger partial charge in [0.15, 0.2) is 0 Å². The number of rotatable bonds is 7. The molecule has 0 spiro atoms. The van der Waals surface area contributed by atoms with Crippen molar-refractivity contribution in [1.82, 2.24) is 0 Å². The van der Waals surface area contributed by atoms with Gasteiger partial charge in [0.25, 0.3) is 11.4 Å². The smallest absolute Gasteiger partial charge is 0.262 e. The predicted octanol–water partition coefficient (Wildman–Crippen LogP) is 3.95. The molecule has 0 atom stereocenters. The van der Waals surface area contributed by atoms with Crippen LogP contribution in [0.4, 0.5) is 11.4 Å². The molecule has 0 fully saturated rings. The highest BCUT2D eigenvalue weighted by atomic mass is 32.2. The molecule has 11 heteroatoms. The molecule has 24 heavy (non-hydrogen) atoms. The Morgan fingerprint density at radius 2 is 1.08 bits per heavy atom. The van der Waals surface area contributed by atoms with Gasteiger partial charge in [-0.15, -0.1) is 0 Å². The van der Waals surface area contributed by atoms with E-state index in [2.05, 4.69) is 0 Å². The van der Waals surface area contributed by atoms with Gasteiger partial charge in [-0.1, -0.05) is 24.3 Å². The molecule has 0 aromatic heterocycles. The number of para-hydroxylation sites is 2. The molecule has 2 rings (SSSR count). The molecular weight excluding hydrogens is 358 g/mol. The predicted molar refractivity (Wildman–Crippen MR) is 88.7 cm³/mol. The Bertz CT molecular complexity index is 741. The molecule has 0 unspecified atom stereocenters. The van der Waals surface area contributed by atoms with Crippen molar-refractivity contribution >= 4 is 34.9 Å². The molecule has 0 aliphatic heterocycles. The number of hydrogen-bond acceptors (Lipinski definition) is 8. The molecular formula is C13H9N3O6S2. The Morgan fingerprint density at radius 3 is 1.42 bits per heavy atom. The molecule has 0 bridgehead atoms. The maximum absolute atomic E-state index is 11.3. The van der Waals surface area contributed by atoms with Crippen LogP contribution in [0.15, 0.2) is 58.3 Å². The van der Waals surface area contributed by atoms with Crippen molar-refractivity contribution in [3.63, 3.8) is 0 Å². The second-order valence-corrected chi connectivity index (χ2v) is 6.82. The normalized spacial score (nSPS) is 10.5. The van der Waals surface area contributed by atoms with Gasteiger partial charge in [-0.05, 0) is 35.7 Å². The van der Waals surface area contributed by atoms with Crippen LogP contribution in [0.2, 0.25) is 0 Å². The van der Waals surface area contributed by atoms with E-state index in [4.69, 9.17) is 0 Å². The molecule has 0 amide bonds. The van der Waals surface area contributed by atoms with Crippen molar-refractivity contribution < 1.29 is 14.8 Å². The van der Waals surface area contributed by atoms with Gasteiger partial charge in [0.05, 0.1) is 19.6 Å². The number of nitro benzene ring substituents is 2. The average Bonchev–Trinajstić information content (AvgIpc) is 2.54. The summed E-state index contributed by atoms with van der Waals surface area (Å²) in [4.78, 5) is 31.6. The quantitative estimate of drug-likeness (QED) is 0.311. The van der Waals surface area contributed by atoms with Crippen LogP contribution in [-0.4, -0.2) is 19.5 Å². The van der Waals surface area contributed by atoms with E-state index in [0.717, 1.165) is 0 Å². The van der Waals surface area contributed by atoms with Gasteiger partial charge in [0.1, 0.15) is 0 Å². The molecule has 0 aliphatic rings.